The average molecular weight is 271 g/mol. The van der Waals surface area contributed by atoms with E-state index in [4.69, 9.17) is 5.73 Å². The molecule has 1 aromatic carbocycles. The summed E-state index contributed by atoms with van der Waals surface area (Å²) in [5, 5.41) is 2.82. The third kappa shape index (κ3) is 4.44. The fraction of sp³-hybridized carbons (Fsp3) is 0.364. The quantitative estimate of drug-likeness (QED) is 0.796. The Bertz CT molecular complexity index is 328. The van der Waals surface area contributed by atoms with Crippen molar-refractivity contribution in [2.24, 2.45) is 5.73 Å². The molecule has 0 bridgehead atoms. The molecular weight excluding hydrogens is 256 g/mol. The summed E-state index contributed by atoms with van der Waals surface area (Å²) in [6, 6.07) is 7.72. The molecule has 0 fully saturated rings. The number of halogens is 1. The van der Waals surface area contributed by atoms with E-state index in [0.29, 0.717) is 19.5 Å². The van der Waals surface area contributed by atoms with Crippen molar-refractivity contribution < 1.29 is 4.79 Å². The topological polar surface area (TPSA) is 55.1 Å². The second-order valence-electron chi connectivity index (χ2n) is 3.26. The molecule has 1 amide bonds. The number of nitrogens with one attached hydrogen (secondary N) is 1. The second-order valence-corrected chi connectivity index (χ2v) is 4.11. The fourth-order valence-corrected chi connectivity index (χ4v) is 1.63. The lowest BCUT2D eigenvalue weighted by atomic mass is 10.1. The average Bonchev–Trinajstić information content (AvgIpc) is 2.22. The summed E-state index contributed by atoms with van der Waals surface area (Å²) in [7, 11) is 0. The maximum Gasteiger partial charge on any atom is 0.224 e. The number of benzene rings is 1. The van der Waals surface area contributed by atoms with E-state index < -0.39 is 0 Å². The molecule has 3 nitrogen and oxygen atoms in total. The highest BCUT2D eigenvalue weighted by molar-refractivity contribution is 9.10. The zero-order valence-electron chi connectivity index (χ0n) is 8.50. The zero-order valence-corrected chi connectivity index (χ0v) is 10.1. The van der Waals surface area contributed by atoms with Crippen LogP contribution in [0.4, 0.5) is 0 Å². The van der Waals surface area contributed by atoms with Gasteiger partial charge in [-0.1, -0.05) is 34.1 Å². The van der Waals surface area contributed by atoms with Crippen LogP contribution < -0.4 is 11.1 Å². The lowest BCUT2D eigenvalue weighted by Crippen LogP contribution is -2.27. The molecule has 82 valence electrons. The highest BCUT2D eigenvalue weighted by Crippen LogP contribution is 2.15. The van der Waals surface area contributed by atoms with Gasteiger partial charge in [-0.25, -0.2) is 0 Å². The van der Waals surface area contributed by atoms with E-state index in [1.807, 2.05) is 24.3 Å². The van der Waals surface area contributed by atoms with Crippen LogP contribution in [0, 0.1) is 0 Å². The van der Waals surface area contributed by atoms with Crippen molar-refractivity contribution in [2.75, 3.05) is 13.1 Å². The molecule has 1 aromatic rings. The summed E-state index contributed by atoms with van der Waals surface area (Å²) < 4.78 is 0.971. The molecule has 1 rings (SSSR count). The van der Waals surface area contributed by atoms with Crippen LogP contribution in [0.25, 0.3) is 0 Å². The number of carbonyl (C=O) groups excluding carboxylic acids is 1. The molecular formula is C11H15BrN2O. The lowest BCUT2D eigenvalue weighted by Gasteiger charge is -2.05. The molecule has 0 aliphatic carbocycles. The number of rotatable bonds is 5. The van der Waals surface area contributed by atoms with Gasteiger partial charge in [-0.2, -0.15) is 0 Å². The normalized spacial score (nSPS) is 10.0. The summed E-state index contributed by atoms with van der Waals surface area (Å²) in [6.07, 6.45) is 1.23. The van der Waals surface area contributed by atoms with Crippen LogP contribution in [0.5, 0.6) is 0 Å². The van der Waals surface area contributed by atoms with Gasteiger partial charge >= 0.3 is 0 Å². The summed E-state index contributed by atoms with van der Waals surface area (Å²) >= 11 is 3.41. The third-order valence-corrected chi connectivity index (χ3v) is 2.79. The monoisotopic (exact) mass is 270 g/mol. The molecule has 4 heteroatoms. The maximum atomic E-state index is 11.5. The van der Waals surface area contributed by atoms with Crippen LogP contribution in [0.1, 0.15) is 12.0 Å². The van der Waals surface area contributed by atoms with Crippen LogP contribution in [0.3, 0.4) is 0 Å². The lowest BCUT2D eigenvalue weighted by molar-refractivity contribution is -0.120. The minimum absolute atomic E-state index is 0.0374. The van der Waals surface area contributed by atoms with Gasteiger partial charge in [0, 0.05) is 11.0 Å². The van der Waals surface area contributed by atoms with Gasteiger partial charge in [0.25, 0.3) is 0 Å². The van der Waals surface area contributed by atoms with Gasteiger partial charge in [0.05, 0.1) is 6.42 Å². The molecule has 15 heavy (non-hydrogen) atoms. The van der Waals surface area contributed by atoms with Crippen molar-refractivity contribution in [3.8, 4) is 0 Å². The third-order valence-electron chi connectivity index (χ3n) is 2.01. The summed E-state index contributed by atoms with van der Waals surface area (Å²) in [4.78, 5) is 11.5. The summed E-state index contributed by atoms with van der Waals surface area (Å²) in [6.45, 7) is 1.26. The molecule has 0 heterocycles. The number of nitrogens with two attached hydrogens (primary N) is 1. The van der Waals surface area contributed by atoms with E-state index in [1.54, 1.807) is 0 Å². The van der Waals surface area contributed by atoms with Crippen LogP contribution in [-0.2, 0) is 11.2 Å². The Kier molecular flexibility index (Phi) is 5.36. The Balaban J connectivity index is 2.41. The van der Waals surface area contributed by atoms with Gasteiger partial charge in [-0.15, -0.1) is 0 Å². The standard InChI is InChI=1S/C11H15BrN2O/c12-10-5-2-1-4-9(10)8-11(15)14-7-3-6-13/h1-2,4-5H,3,6-8,13H2,(H,14,15). The molecule has 0 unspecified atom stereocenters. The van der Waals surface area contributed by atoms with Crippen molar-refractivity contribution in [1.29, 1.82) is 0 Å². The minimum Gasteiger partial charge on any atom is -0.356 e. The van der Waals surface area contributed by atoms with Gasteiger partial charge in [0.15, 0.2) is 0 Å². The predicted molar refractivity (Wildman–Crippen MR) is 64.5 cm³/mol. The Morgan fingerprint density at radius 3 is 2.80 bits per heavy atom. The molecule has 0 saturated heterocycles. The highest BCUT2D eigenvalue weighted by Gasteiger charge is 2.04. The van der Waals surface area contributed by atoms with Gasteiger partial charge in [-0.05, 0) is 24.6 Å². The van der Waals surface area contributed by atoms with Gasteiger partial charge in [-0.3, -0.25) is 4.79 Å². The first-order valence-electron chi connectivity index (χ1n) is 4.94. The maximum absolute atomic E-state index is 11.5. The van der Waals surface area contributed by atoms with Crippen molar-refractivity contribution in [3.63, 3.8) is 0 Å². The van der Waals surface area contributed by atoms with Crippen molar-refractivity contribution >= 4 is 21.8 Å². The minimum atomic E-state index is 0.0374. The number of hydrogen-bond donors (Lipinski definition) is 2. The Hall–Kier alpha value is -0.870. The molecule has 0 radical (unpaired) electrons. The Labute approximate surface area is 98.2 Å². The highest BCUT2D eigenvalue weighted by atomic mass is 79.9. The number of hydrogen-bond acceptors (Lipinski definition) is 2. The van der Waals surface area contributed by atoms with Crippen LogP contribution in [0.2, 0.25) is 0 Å². The molecule has 0 atom stereocenters. The molecule has 3 N–H and O–H groups in total. The largest absolute Gasteiger partial charge is 0.356 e. The first-order valence-corrected chi connectivity index (χ1v) is 5.73. The summed E-state index contributed by atoms with van der Waals surface area (Å²) in [5.41, 5.74) is 6.34. The van der Waals surface area contributed by atoms with Crippen molar-refractivity contribution in [3.05, 3.63) is 34.3 Å². The predicted octanol–water partition coefficient (Wildman–Crippen LogP) is 1.46. The number of amides is 1. The fourth-order valence-electron chi connectivity index (χ4n) is 1.21. The Morgan fingerprint density at radius 2 is 2.13 bits per heavy atom. The van der Waals surface area contributed by atoms with E-state index in [2.05, 4.69) is 21.2 Å². The van der Waals surface area contributed by atoms with E-state index >= 15 is 0 Å². The van der Waals surface area contributed by atoms with Gasteiger partial charge in [0.2, 0.25) is 5.91 Å². The zero-order chi connectivity index (χ0) is 11.1. The number of carbonyl (C=O) groups is 1. The SMILES string of the molecule is NCCCNC(=O)Cc1ccccc1Br. The summed E-state index contributed by atoms with van der Waals surface area (Å²) in [5.74, 6) is 0.0374. The smallest absolute Gasteiger partial charge is 0.224 e. The molecule has 0 spiro atoms. The molecule has 0 aromatic heterocycles. The Morgan fingerprint density at radius 1 is 1.40 bits per heavy atom. The van der Waals surface area contributed by atoms with E-state index in [1.165, 1.54) is 0 Å². The van der Waals surface area contributed by atoms with Crippen molar-refractivity contribution in [2.45, 2.75) is 12.8 Å². The first-order chi connectivity index (χ1) is 7.24. The van der Waals surface area contributed by atoms with Crippen LogP contribution in [0.15, 0.2) is 28.7 Å². The van der Waals surface area contributed by atoms with Crippen LogP contribution in [-0.4, -0.2) is 19.0 Å². The molecule has 0 aliphatic heterocycles. The van der Waals surface area contributed by atoms with Gasteiger partial charge < -0.3 is 11.1 Å². The molecule has 0 aliphatic rings. The van der Waals surface area contributed by atoms with E-state index in [-0.39, 0.29) is 5.91 Å². The second kappa shape index (κ2) is 6.58. The first kappa shape index (κ1) is 12.2. The van der Waals surface area contributed by atoms with E-state index in [0.717, 1.165) is 16.5 Å². The van der Waals surface area contributed by atoms with E-state index in [9.17, 15) is 4.79 Å². The van der Waals surface area contributed by atoms with Crippen LogP contribution >= 0.6 is 15.9 Å². The molecule has 0 saturated carbocycles. The van der Waals surface area contributed by atoms with Gasteiger partial charge in [0.1, 0.15) is 0 Å². The van der Waals surface area contributed by atoms with Crippen molar-refractivity contribution in [1.82, 2.24) is 5.32 Å².